The van der Waals surface area contributed by atoms with Crippen molar-refractivity contribution in [1.82, 2.24) is 19.8 Å². The van der Waals surface area contributed by atoms with Crippen molar-refractivity contribution in [3.63, 3.8) is 0 Å². The molecule has 1 fully saturated rings. The number of halogens is 1. The van der Waals surface area contributed by atoms with Crippen LogP contribution in [0.4, 0.5) is 0 Å². The van der Waals surface area contributed by atoms with Gasteiger partial charge in [0.25, 0.3) is 0 Å². The molecule has 1 N–H and O–H groups in total. The Balaban J connectivity index is 1.21. The number of aromatic nitrogens is 2. The van der Waals surface area contributed by atoms with E-state index in [1.807, 2.05) is 29.5 Å². The van der Waals surface area contributed by atoms with E-state index in [1.54, 1.807) is 0 Å². The van der Waals surface area contributed by atoms with Crippen LogP contribution in [0.25, 0.3) is 44.3 Å². The van der Waals surface area contributed by atoms with Crippen molar-refractivity contribution in [2.75, 3.05) is 26.7 Å². The number of thiazole rings is 1. The van der Waals surface area contributed by atoms with Crippen LogP contribution in [0.2, 0.25) is 5.02 Å². The van der Waals surface area contributed by atoms with Crippen molar-refractivity contribution < 1.29 is 14.3 Å². The number of carboxylic acid groups (broad SMARTS) is 1. The maximum atomic E-state index is 11.4. The molecule has 7 rings (SSSR count). The number of oxazole rings is 1. The van der Waals surface area contributed by atoms with Crippen LogP contribution >= 0.6 is 22.9 Å². The Bertz CT molecular complexity index is 1880. The number of carboxylic acids is 1. The van der Waals surface area contributed by atoms with Crippen LogP contribution < -0.4 is 0 Å². The van der Waals surface area contributed by atoms with Gasteiger partial charge in [-0.3, -0.25) is 9.69 Å². The van der Waals surface area contributed by atoms with Crippen LogP contribution in [-0.2, 0) is 24.3 Å². The van der Waals surface area contributed by atoms with Crippen molar-refractivity contribution in [1.29, 1.82) is 0 Å². The highest BCUT2D eigenvalue weighted by atomic mass is 35.5. The summed E-state index contributed by atoms with van der Waals surface area (Å²) in [7, 11) is 2.17. The van der Waals surface area contributed by atoms with Crippen LogP contribution in [0, 0.1) is 19.8 Å². The first-order chi connectivity index (χ1) is 20.7. The maximum Gasteiger partial charge on any atom is 0.307 e. The number of aliphatic carboxylic acids is 1. The van der Waals surface area contributed by atoms with Gasteiger partial charge in [0.05, 0.1) is 16.6 Å². The minimum Gasteiger partial charge on any atom is -0.481 e. The van der Waals surface area contributed by atoms with Crippen LogP contribution in [0.1, 0.15) is 33.7 Å². The molecule has 0 spiro atoms. The van der Waals surface area contributed by atoms with E-state index in [0.29, 0.717) is 41.5 Å². The van der Waals surface area contributed by atoms with Gasteiger partial charge in [-0.05, 0) is 79.9 Å². The highest BCUT2D eigenvalue weighted by Gasteiger charge is 2.28. The number of rotatable bonds is 6. The molecule has 2 aromatic heterocycles. The van der Waals surface area contributed by atoms with Crippen molar-refractivity contribution >= 4 is 40.0 Å². The summed E-state index contributed by atoms with van der Waals surface area (Å²) in [6.07, 6.45) is 1.67. The van der Waals surface area contributed by atoms with Crippen LogP contribution in [0.3, 0.4) is 0 Å². The molecule has 9 heteroatoms. The molecule has 3 aromatic carbocycles. The van der Waals surface area contributed by atoms with Gasteiger partial charge in [-0.25, -0.2) is 9.97 Å². The molecule has 0 radical (unpaired) electrons. The first-order valence-corrected chi connectivity index (χ1v) is 15.9. The molecule has 4 heterocycles. The molecule has 43 heavy (non-hydrogen) atoms. The molecule has 2 aliphatic heterocycles. The van der Waals surface area contributed by atoms with E-state index in [-0.39, 0.29) is 5.92 Å². The molecule has 0 amide bonds. The molecule has 0 saturated carbocycles. The van der Waals surface area contributed by atoms with Crippen LogP contribution in [0.5, 0.6) is 0 Å². The molecule has 0 aliphatic carbocycles. The average molecular weight is 613 g/mol. The van der Waals surface area contributed by atoms with Crippen molar-refractivity contribution in [3.8, 4) is 33.2 Å². The highest BCUT2D eigenvalue weighted by Crippen LogP contribution is 2.40. The number of hydrogen-bond donors (Lipinski definition) is 1. The SMILES string of the molecule is Cc1c(-c2nc3cc(CN4CCC(C(=O)O)C4)cc(Cl)c3o2)cccc1-c1cccc(-c2nc3c(s2)CN(C)CC3)c1C. The number of likely N-dealkylation sites (N-methyl/N-ethyl adjacent to an activating group) is 1. The summed E-state index contributed by atoms with van der Waals surface area (Å²) in [5, 5.41) is 11.0. The predicted octanol–water partition coefficient (Wildman–Crippen LogP) is 7.45. The third kappa shape index (κ3) is 5.27. The number of nitrogens with zero attached hydrogens (tertiary/aromatic N) is 4. The largest absolute Gasteiger partial charge is 0.481 e. The lowest BCUT2D eigenvalue weighted by atomic mass is 9.91. The normalized spacial score (nSPS) is 17.5. The van der Waals surface area contributed by atoms with Gasteiger partial charge >= 0.3 is 5.97 Å². The second kappa shape index (κ2) is 11.2. The smallest absolute Gasteiger partial charge is 0.307 e. The quantitative estimate of drug-likeness (QED) is 0.213. The second-order valence-corrected chi connectivity index (χ2v) is 13.3. The van der Waals surface area contributed by atoms with Crippen LogP contribution in [0.15, 0.2) is 52.9 Å². The van der Waals surface area contributed by atoms with E-state index >= 15 is 0 Å². The molecule has 0 bridgehead atoms. The summed E-state index contributed by atoms with van der Waals surface area (Å²) in [4.78, 5) is 27.2. The lowest BCUT2D eigenvalue weighted by Crippen LogP contribution is -2.25. The Morgan fingerprint density at radius 2 is 1.77 bits per heavy atom. The molecule has 1 unspecified atom stereocenters. The topological polar surface area (TPSA) is 82.7 Å². The van der Waals surface area contributed by atoms with E-state index in [2.05, 4.69) is 61.0 Å². The molecule has 7 nitrogen and oxygen atoms in total. The Labute approximate surface area is 259 Å². The fraction of sp³-hybridized carbons (Fsp3) is 0.324. The summed E-state index contributed by atoms with van der Waals surface area (Å²) in [6.45, 7) is 8.24. The van der Waals surface area contributed by atoms with E-state index in [4.69, 9.17) is 26.0 Å². The third-order valence-corrected chi connectivity index (χ3v) is 10.3. The summed E-state index contributed by atoms with van der Waals surface area (Å²) in [6, 6.07) is 16.6. The van der Waals surface area contributed by atoms with Gasteiger partial charge in [-0.1, -0.05) is 41.9 Å². The third-order valence-electron chi connectivity index (χ3n) is 8.87. The van der Waals surface area contributed by atoms with Gasteiger partial charge in [0.2, 0.25) is 5.89 Å². The lowest BCUT2D eigenvalue weighted by Gasteiger charge is -2.20. The predicted molar refractivity (Wildman–Crippen MR) is 172 cm³/mol. The maximum absolute atomic E-state index is 11.4. The monoisotopic (exact) mass is 612 g/mol. The Kier molecular flexibility index (Phi) is 7.33. The van der Waals surface area contributed by atoms with Gasteiger partial charge < -0.3 is 14.4 Å². The average Bonchev–Trinajstić information content (AvgIpc) is 3.72. The first kappa shape index (κ1) is 28.2. The Morgan fingerprint density at radius 3 is 2.51 bits per heavy atom. The van der Waals surface area contributed by atoms with E-state index in [0.717, 1.165) is 53.3 Å². The number of likely N-dealkylation sites (tertiary alicyclic amines) is 1. The van der Waals surface area contributed by atoms with Gasteiger partial charge in [0, 0.05) is 48.6 Å². The van der Waals surface area contributed by atoms with Crippen molar-refractivity contribution in [3.05, 3.63) is 80.8 Å². The molecule has 1 atom stereocenters. The number of carbonyl (C=O) groups is 1. The van der Waals surface area contributed by atoms with Gasteiger partial charge in [0.15, 0.2) is 5.58 Å². The van der Waals surface area contributed by atoms with Crippen LogP contribution in [-0.4, -0.2) is 57.5 Å². The Morgan fingerprint density at radius 1 is 1.05 bits per heavy atom. The summed E-state index contributed by atoms with van der Waals surface area (Å²) < 4.78 is 6.26. The van der Waals surface area contributed by atoms with Gasteiger partial charge in [-0.2, -0.15) is 0 Å². The Hall–Kier alpha value is -3.56. The summed E-state index contributed by atoms with van der Waals surface area (Å²) in [5.41, 5.74) is 10.2. The number of hydrogen-bond acceptors (Lipinski definition) is 7. The molecular weight excluding hydrogens is 580 g/mol. The van der Waals surface area contributed by atoms with E-state index < -0.39 is 5.97 Å². The van der Waals surface area contributed by atoms with Gasteiger partial charge in [-0.15, -0.1) is 11.3 Å². The zero-order valence-electron chi connectivity index (χ0n) is 24.5. The van der Waals surface area contributed by atoms with E-state index in [9.17, 15) is 9.90 Å². The molecule has 2 aliphatic rings. The van der Waals surface area contributed by atoms with E-state index in [1.165, 1.54) is 27.3 Å². The zero-order chi connectivity index (χ0) is 29.8. The standard InChI is InChI=1S/C34H33ClN4O3S/c1-19-23(24-7-5-9-26(20(24)2)33-37-28-11-12-38(3)18-30(28)43-33)6-4-8-25(19)32-36-29-15-21(14-27(35)31(29)42-32)16-39-13-10-22(17-39)34(40)41/h4-9,14-15,22H,10-13,16-18H2,1-3H3,(H,40,41). The van der Waals surface area contributed by atoms with Crippen molar-refractivity contribution in [2.45, 2.75) is 39.8 Å². The zero-order valence-corrected chi connectivity index (χ0v) is 26.1. The molecular formula is C34H33ClN4O3S. The molecule has 5 aromatic rings. The first-order valence-electron chi connectivity index (χ1n) is 14.7. The fourth-order valence-electron chi connectivity index (χ4n) is 6.45. The van der Waals surface area contributed by atoms with Crippen molar-refractivity contribution in [2.24, 2.45) is 5.92 Å². The minimum absolute atomic E-state index is 0.314. The lowest BCUT2D eigenvalue weighted by molar-refractivity contribution is -0.141. The number of fused-ring (bicyclic) bond motifs is 2. The molecule has 220 valence electrons. The number of benzene rings is 3. The fourth-order valence-corrected chi connectivity index (χ4v) is 7.99. The highest BCUT2D eigenvalue weighted by molar-refractivity contribution is 7.15. The molecule has 1 saturated heterocycles. The second-order valence-electron chi connectivity index (χ2n) is 11.8. The van der Waals surface area contributed by atoms with Gasteiger partial charge in [0.1, 0.15) is 10.5 Å². The minimum atomic E-state index is -0.730. The summed E-state index contributed by atoms with van der Waals surface area (Å²) in [5.74, 6) is -0.510. The summed E-state index contributed by atoms with van der Waals surface area (Å²) >= 11 is 8.49.